The molecule has 2 aromatic rings. The van der Waals surface area contributed by atoms with Crippen LogP contribution in [0.2, 0.25) is 0 Å². The molecule has 2 fully saturated rings. The van der Waals surface area contributed by atoms with Gasteiger partial charge in [0, 0.05) is 38.2 Å². The number of aryl methyl sites for hydroxylation is 1. The molecule has 1 saturated heterocycles. The first-order chi connectivity index (χ1) is 27.9. The minimum atomic E-state index is -4.71. The molecule has 20 heteroatoms. The average molecular weight is 847 g/mol. The molecule has 0 radical (unpaired) electrons. The number of aliphatic hydroxyl groups excluding tert-OH is 1. The van der Waals surface area contributed by atoms with Crippen molar-refractivity contribution >= 4 is 43.3 Å². The van der Waals surface area contributed by atoms with Gasteiger partial charge < -0.3 is 46.9 Å². The lowest BCUT2D eigenvalue weighted by Crippen LogP contribution is -2.62. The highest BCUT2D eigenvalue weighted by Gasteiger charge is 2.62. The van der Waals surface area contributed by atoms with Crippen molar-refractivity contribution in [2.75, 3.05) is 13.2 Å². The van der Waals surface area contributed by atoms with Gasteiger partial charge >= 0.3 is 7.82 Å². The normalized spacial score (nSPS) is 21.7. The van der Waals surface area contributed by atoms with E-state index in [-0.39, 0.29) is 37.7 Å². The van der Waals surface area contributed by atoms with Crippen molar-refractivity contribution in [3.05, 3.63) is 54.1 Å². The number of aromatic amines is 1. The van der Waals surface area contributed by atoms with Crippen LogP contribution in [0.3, 0.4) is 0 Å². The van der Waals surface area contributed by atoms with Gasteiger partial charge in [-0.1, -0.05) is 57.0 Å². The van der Waals surface area contributed by atoms with E-state index < -0.39 is 79.3 Å². The molecule has 2 aliphatic rings. The Balaban J connectivity index is 1.36. The number of unbranched alkanes of at least 4 members (excludes halogenated alkanes) is 3. The SMILES string of the molecule is CC(=O)N1CCC[C@H]1C(=O)N[C@@H](CC(C)C)C(=O)N[C@@H](Cc1cnc[nH]1)C(=O)NC1(C(=O)N[C@H](C(N)=O)[C@@H](C)OP(=O)(O)OCCCCCCc2ccccc2)CC1O. The molecule has 1 saturated carbocycles. The van der Waals surface area contributed by atoms with E-state index in [1.165, 1.54) is 36.8 Å². The van der Waals surface area contributed by atoms with Crippen LogP contribution in [0, 0.1) is 5.92 Å². The molecule has 19 nitrogen and oxygen atoms in total. The number of primary amides is 1. The molecular weight excluding hydrogens is 787 g/mol. The third-order valence-electron chi connectivity index (χ3n) is 10.4. The monoisotopic (exact) mass is 846 g/mol. The summed E-state index contributed by atoms with van der Waals surface area (Å²) in [4.78, 5) is 97.9. The number of likely N-dealkylation sites (tertiary alicyclic amines) is 1. The molecule has 9 N–H and O–H groups in total. The van der Waals surface area contributed by atoms with Crippen LogP contribution < -0.4 is 27.0 Å². The van der Waals surface area contributed by atoms with Crippen molar-refractivity contribution in [2.45, 2.75) is 134 Å². The van der Waals surface area contributed by atoms with E-state index in [2.05, 4.69) is 31.2 Å². The Labute approximate surface area is 343 Å². The van der Waals surface area contributed by atoms with Crippen molar-refractivity contribution in [1.29, 1.82) is 0 Å². The molecule has 6 amide bonds. The average Bonchev–Trinajstić information content (AvgIpc) is 3.53. The number of phosphoric acid groups is 1. The maximum Gasteiger partial charge on any atom is 0.472 e. The number of rotatable bonds is 24. The number of carbonyl (C=O) groups excluding carboxylic acids is 6. The number of nitrogens with zero attached hydrogens (tertiary/aromatic N) is 2. The lowest BCUT2D eigenvalue weighted by molar-refractivity contribution is -0.139. The van der Waals surface area contributed by atoms with Crippen molar-refractivity contribution in [1.82, 2.24) is 36.1 Å². The van der Waals surface area contributed by atoms with Crippen molar-refractivity contribution in [3.63, 3.8) is 0 Å². The van der Waals surface area contributed by atoms with Crippen molar-refractivity contribution in [3.8, 4) is 0 Å². The lowest BCUT2D eigenvalue weighted by atomic mass is 10.0. The van der Waals surface area contributed by atoms with Crippen LogP contribution in [-0.2, 0) is 55.2 Å². The number of amides is 6. The number of carbonyl (C=O) groups is 6. The van der Waals surface area contributed by atoms with Crippen LogP contribution >= 0.6 is 7.82 Å². The Morgan fingerprint density at radius 1 is 1.02 bits per heavy atom. The third-order valence-corrected chi connectivity index (χ3v) is 11.5. The summed E-state index contributed by atoms with van der Waals surface area (Å²) in [6, 6.07) is 5.13. The van der Waals surface area contributed by atoms with Gasteiger partial charge in [-0.3, -0.25) is 37.8 Å². The second-order valence-electron chi connectivity index (χ2n) is 15.7. The Kier molecular flexibility index (Phi) is 17.2. The van der Waals surface area contributed by atoms with E-state index in [4.69, 9.17) is 14.8 Å². The standard InChI is InChI=1S/C39H59N8O11P/c1-24(2)19-29(44-37(53)31-16-12-17-47(31)26(4)48)35(51)43-30(20-28-22-41-23-42-28)36(52)46-39(21-32(39)49)38(54)45-33(34(40)50)25(3)58-59(55,56)57-18-11-6-5-8-13-27-14-9-7-10-15-27/h7,9-10,14-15,22-25,29-33,49H,5-6,8,11-13,16-21H2,1-4H3,(H2,40,50)(H,41,42)(H,43,51)(H,44,53)(H,45,54)(H,46,52)(H,55,56)/t25-,29+,30+,31+,32?,33+,39?/m1/s1. The summed E-state index contributed by atoms with van der Waals surface area (Å²) in [6.07, 6.45) is 4.70. The quantitative estimate of drug-likeness (QED) is 0.0541. The molecule has 2 heterocycles. The maximum atomic E-state index is 13.9. The highest BCUT2D eigenvalue weighted by molar-refractivity contribution is 7.47. The summed E-state index contributed by atoms with van der Waals surface area (Å²) in [6.45, 7) is 6.62. The van der Waals surface area contributed by atoms with Crippen LogP contribution in [-0.4, -0.2) is 115 Å². The lowest BCUT2D eigenvalue weighted by Gasteiger charge is -2.29. The molecule has 8 atom stereocenters. The van der Waals surface area contributed by atoms with Crippen molar-refractivity contribution < 1.29 is 52.4 Å². The van der Waals surface area contributed by atoms with Gasteiger partial charge in [0.25, 0.3) is 0 Å². The Bertz CT molecular complexity index is 1800. The fraction of sp³-hybridized carbons (Fsp3) is 0.615. The van der Waals surface area contributed by atoms with E-state index >= 15 is 0 Å². The number of benzene rings is 1. The van der Waals surface area contributed by atoms with Gasteiger partial charge in [-0.05, 0) is 56.9 Å². The Hall–Kier alpha value is -4.68. The zero-order chi connectivity index (χ0) is 43.3. The number of H-pyrrole nitrogens is 1. The van der Waals surface area contributed by atoms with Crippen LogP contribution in [0.1, 0.15) is 90.3 Å². The third kappa shape index (κ3) is 14.0. The summed E-state index contributed by atoms with van der Waals surface area (Å²) in [5, 5.41) is 20.9. The summed E-state index contributed by atoms with van der Waals surface area (Å²) in [5.41, 5.74) is 5.25. The molecule has 0 spiro atoms. The predicted molar refractivity (Wildman–Crippen MR) is 214 cm³/mol. The first-order valence-corrected chi connectivity index (χ1v) is 21.6. The molecule has 0 bridgehead atoms. The summed E-state index contributed by atoms with van der Waals surface area (Å²) in [5.74, 6) is -4.59. The molecule has 326 valence electrons. The topological polar surface area (TPSA) is 284 Å². The van der Waals surface area contributed by atoms with Crippen LogP contribution in [0.5, 0.6) is 0 Å². The van der Waals surface area contributed by atoms with Crippen molar-refractivity contribution in [2.24, 2.45) is 11.7 Å². The summed E-state index contributed by atoms with van der Waals surface area (Å²) >= 11 is 0. The summed E-state index contributed by atoms with van der Waals surface area (Å²) in [7, 11) is -4.71. The minimum absolute atomic E-state index is 0.0665. The van der Waals surface area contributed by atoms with Gasteiger partial charge in [0.05, 0.1) is 25.1 Å². The predicted octanol–water partition coefficient (Wildman–Crippen LogP) is 0.894. The second-order valence-corrected chi connectivity index (χ2v) is 17.1. The first kappa shape index (κ1) is 47.0. The van der Waals surface area contributed by atoms with Crippen LogP contribution in [0.4, 0.5) is 0 Å². The number of aliphatic hydroxyl groups is 1. The fourth-order valence-corrected chi connectivity index (χ4v) is 8.04. The zero-order valence-corrected chi connectivity index (χ0v) is 35.0. The van der Waals surface area contributed by atoms with Crippen LogP contribution in [0.15, 0.2) is 42.9 Å². The molecular formula is C39H59N8O11P. The van der Waals surface area contributed by atoms with E-state index in [1.807, 2.05) is 44.2 Å². The number of nitrogens with one attached hydrogen (secondary N) is 5. The van der Waals surface area contributed by atoms with E-state index in [9.17, 15) is 43.3 Å². The van der Waals surface area contributed by atoms with E-state index in [1.54, 1.807) is 0 Å². The fourth-order valence-electron chi connectivity index (χ4n) is 7.07. The van der Waals surface area contributed by atoms with E-state index in [0.717, 1.165) is 25.7 Å². The molecule has 1 aromatic heterocycles. The molecule has 1 aliphatic heterocycles. The molecule has 1 aromatic carbocycles. The molecule has 59 heavy (non-hydrogen) atoms. The Morgan fingerprint density at radius 2 is 1.71 bits per heavy atom. The van der Waals surface area contributed by atoms with Crippen LogP contribution in [0.25, 0.3) is 0 Å². The highest BCUT2D eigenvalue weighted by atomic mass is 31.2. The molecule has 1 aliphatic carbocycles. The van der Waals surface area contributed by atoms with Gasteiger partial charge in [-0.15, -0.1) is 0 Å². The minimum Gasteiger partial charge on any atom is -0.390 e. The maximum absolute atomic E-state index is 13.9. The van der Waals surface area contributed by atoms with Gasteiger partial charge in [0.1, 0.15) is 29.7 Å². The zero-order valence-electron chi connectivity index (χ0n) is 34.1. The smallest absolute Gasteiger partial charge is 0.390 e. The second kappa shape index (κ2) is 21.5. The number of imidazole rings is 1. The van der Waals surface area contributed by atoms with Gasteiger partial charge in [0.2, 0.25) is 35.4 Å². The molecule has 3 unspecified atom stereocenters. The number of aromatic nitrogens is 2. The largest absolute Gasteiger partial charge is 0.472 e. The first-order valence-electron chi connectivity index (χ1n) is 20.1. The van der Waals surface area contributed by atoms with Gasteiger partial charge in [0.15, 0.2) is 0 Å². The Morgan fingerprint density at radius 3 is 2.32 bits per heavy atom. The van der Waals surface area contributed by atoms with E-state index in [0.29, 0.717) is 31.5 Å². The molecule has 4 rings (SSSR count). The highest BCUT2D eigenvalue weighted by Crippen LogP contribution is 2.45. The number of hydrogen-bond donors (Lipinski definition) is 8. The number of nitrogens with two attached hydrogens (primary N) is 1. The van der Waals surface area contributed by atoms with Gasteiger partial charge in [-0.2, -0.15) is 0 Å². The number of hydrogen-bond acceptors (Lipinski definition) is 11. The number of phosphoric ester groups is 1. The summed E-state index contributed by atoms with van der Waals surface area (Å²) < 4.78 is 23.0. The van der Waals surface area contributed by atoms with Gasteiger partial charge in [-0.25, -0.2) is 9.55 Å².